The molecule has 0 aliphatic carbocycles. The Morgan fingerprint density at radius 1 is 1.12 bits per heavy atom. The lowest BCUT2D eigenvalue weighted by atomic mass is 10.3. The maximum Gasteiger partial charge on any atom is 0.330 e. The van der Waals surface area contributed by atoms with Crippen LogP contribution in [0.15, 0.2) is 12.2 Å². The van der Waals surface area contributed by atoms with Gasteiger partial charge in [0, 0.05) is 12.5 Å². The molecule has 0 aliphatic heterocycles. The van der Waals surface area contributed by atoms with Gasteiger partial charge in [-0.2, -0.15) is 0 Å². The number of hydrogen-bond acceptors (Lipinski definition) is 4. The minimum atomic E-state index is -0.285. The first-order chi connectivity index (χ1) is 7.62. The quantitative estimate of drug-likeness (QED) is 0.538. The Balaban J connectivity index is 0. The van der Waals surface area contributed by atoms with Crippen molar-refractivity contribution in [3.05, 3.63) is 12.2 Å². The Morgan fingerprint density at radius 2 is 1.75 bits per heavy atom. The fraction of sp³-hybridized carbons (Fsp3) is 0.667. The number of unbranched alkanes of at least 4 members (excludes halogenated alkanes) is 1. The summed E-state index contributed by atoms with van der Waals surface area (Å²) in [5.74, 6) is -0.390. The number of hydrogen-bond donors (Lipinski definition) is 0. The monoisotopic (exact) mass is 230 g/mol. The molecule has 0 aromatic rings. The van der Waals surface area contributed by atoms with E-state index in [-0.39, 0.29) is 11.9 Å². The van der Waals surface area contributed by atoms with E-state index in [2.05, 4.69) is 9.47 Å². The summed E-state index contributed by atoms with van der Waals surface area (Å²) in [7, 11) is 2.78. The Morgan fingerprint density at radius 3 is 2.12 bits per heavy atom. The van der Waals surface area contributed by atoms with Gasteiger partial charge in [0.25, 0.3) is 0 Å². The van der Waals surface area contributed by atoms with Gasteiger partial charge in [0.1, 0.15) is 0 Å². The Hall–Kier alpha value is -1.32. The number of rotatable bonds is 5. The molecule has 0 radical (unpaired) electrons. The summed E-state index contributed by atoms with van der Waals surface area (Å²) in [6.45, 7) is 4.00. The Labute approximate surface area is 97.6 Å². The molecule has 16 heavy (non-hydrogen) atoms. The van der Waals surface area contributed by atoms with E-state index in [0.29, 0.717) is 6.42 Å². The molecule has 0 amide bonds. The number of esters is 2. The smallest absolute Gasteiger partial charge is 0.330 e. The second-order valence-corrected chi connectivity index (χ2v) is 3.01. The molecule has 0 spiro atoms. The van der Waals surface area contributed by atoms with E-state index in [9.17, 15) is 9.59 Å². The van der Waals surface area contributed by atoms with Gasteiger partial charge < -0.3 is 9.47 Å². The third-order valence-electron chi connectivity index (χ3n) is 1.65. The molecule has 0 saturated carbocycles. The highest BCUT2D eigenvalue weighted by atomic mass is 16.5. The molecule has 0 aliphatic rings. The van der Waals surface area contributed by atoms with E-state index in [4.69, 9.17) is 0 Å². The van der Waals surface area contributed by atoms with Crippen LogP contribution in [0.1, 0.15) is 39.5 Å². The van der Waals surface area contributed by atoms with Gasteiger partial charge in [0.15, 0.2) is 0 Å². The lowest BCUT2D eigenvalue weighted by Gasteiger charge is -1.93. The summed E-state index contributed by atoms with van der Waals surface area (Å²) in [4.78, 5) is 20.6. The van der Waals surface area contributed by atoms with Crippen molar-refractivity contribution in [3.8, 4) is 0 Å². The molecule has 0 N–H and O–H groups in total. The van der Waals surface area contributed by atoms with E-state index in [1.807, 2.05) is 13.8 Å². The van der Waals surface area contributed by atoms with Crippen molar-refractivity contribution in [3.63, 3.8) is 0 Å². The van der Waals surface area contributed by atoms with Crippen LogP contribution in [0.3, 0.4) is 0 Å². The third-order valence-corrected chi connectivity index (χ3v) is 1.65. The summed E-state index contributed by atoms with van der Waals surface area (Å²) in [5, 5.41) is 0. The first-order valence-electron chi connectivity index (χ1n) is 5.43. The van der Waals surface area contributed by atoms with Crippen LogP contribution in [0.2, 0.25) is 0 Å². The number of ether oxygens (including phenoxy) is 2. The zero-order valence-electron chi connectivity index (χ0n) is 10.6. The van der Waals surface area contributed by atoms with Crippen molar-refractivity contribution in [2.45, 2.75) is 39.5 Å². The summed E-state index contributed by atoms with van der Waals surface area (Å²) >= 11 is 0. The van der Waals surface area contributed by atoms with Gasteiger partial charge >= 0.3 is 11.9 Å². The minimum absolute atomic E-state index is 0.105. The number of methoxy groups -OCH3 is 2. The second kappa shape index (κ2) is 13.7. The zero-order chi connectivity index (χ0) is 12.8. The lowest BCUT2D eigenvalue weighted by molar-refractivity contribution is -0.140. The number of carbonyl (C=O) groups is 2. The highest BCUT2D eigenvalue weighted by Crippen LogP contribution is 1.94. The van der Waals surface area contributed by atoms with Crippen molar-refractivity contribution in [1.82, 2.24) is 0 Å². The fourth-order valence-corrected chi connectivity index (χ4v) is 0.705. The minimum Gasteiger partial charge on any atom is -0.469 e. The SMILES string of the molecule is CCC=CC(=O)OC.CCCCC(=O)OC. The molecule has 94 valence electrons. The molecule has 0 aromatic heterocycles. The van der Waals surface area contributed by atoms with Crippen LogP contribution in [-0.4, -0.2) is 26.2 Å². The van der Waals surface area contributed by atoms with Gasteiger partial charge in [-0.1, -0.05) is 26.3 Å². The first kappa shape index (κ1) is 17.1. The molecule has 0 saturated heterocycles. The molecule has 0 fully saturated rings. The van der Waals surface area contributed by atoms with Gasteiger partial charge in [-0.3, -0.25) is 4.79 Å². The van der Waals surface area contributed by atoms with Crippen LogP contribution >= 0.6 is 0 Å². The summed E-state index contributed by atoms with van der Waals surface area (Å²) in [6.07, 6.45) is 6.59. The molecule has 0 heterocycles. The van der Waals surface area contributed by atoms with Crippen molar-refractivity contribution in [1.29, 1.82) is 0 Å². The topological polar surface area (TPSA) is 52.6 Å². The van der Waals surface area contributed by atoms with Gasteiger partial charge in [-0.05, 0) is 12.8 Å². The maximum atomic E-state index is 10.3. The molecule has 0 aromatic carbocycles. The average molecular weight is 230 g/mol. The normalized spacial score (nSPS) is 9.25. The summed E-state index contributed by atoms with van der Waals surface area (Å²) in [6, 6.07) is 0. The Kier molecular flexibility index (Phi) is 14.6. The van der Waals surface area contributed by atoms with E-state index >= 15 is 0 Å². The number of allylic oxidation sites excluding steroid dienone is 1. The van der Waals surface area contributed by atoms with Gasteiger partial charge in [-0.25, -0.2) is 4.79 Å². The van der Waals surface area contributed by atoms with E-state index in [1.165, 1.54) is 20.3 Å². The predicted molar refractivity (Wildman–Crippen MR) is 63.0 cm³/mol. The standard InChI is InChI=1S/C6H12O2.C6H10O2/c2*1-3-4-5-6(7)8-2/h3-5H2,1-2H3;4-5H,3H2,1-2H3. The van der Waals surface area contributed by atoms with Crippen molar-refractivity contribution < 1.29 is 19.1 Å². The first-order valence-corrected chi connectivity index (χ1v) is 5.43. The van der Waals surface area contributed by atoms with E-state index in [0.717, 1.165) is 19.3 Å². The predicted octanol–water partition coefficient (Wildman–Crippen LogP) is 2.48. The third kappa shape index (κ3) is 15.2. The number of carbonyl (C=O) groups excluding carboxylic acids is 2. The zero-order valence-corrected chi connectivity index (χ0v) is 10.6. The van der Waals surface area contributed by atoms with Gasteiger partial charge in [0.2, 0.25) is 0 Å². The van der Waals surface area contributed by atoms with Crippen LogP contribution in [0.25, 0.3) is 0 Å². The average Bonchev–Trinajstić information content (AvgIpc) is 2.33. The largest absolute Gasteiger partial charge is 0.469 e. The summed E-state index contributed by atoms with van der Waals surface area (Å²) in [5.41, 5.74) is 0. The van der Waals surface area contributed by atoms with Crippen molar-refractivity contribution in [2.24, 2.45) is 0 Å². The maximum absolute atomic E-state index is 10.3. The van der Waals surface area contributed by atoms with E-state index < -0.39 is 0 Å². The molecule has 4 heteroatoms. The van der Waals surface area contributed by atoms with Crippen LogP contribution in [0.5, 0.6) is 0 Å². The molecular formula is C12H22O4. The molecule has 0 bridgehead atoms. The second-order valence-electron chi connectivity index (χ2n) is 3.01. The van der Waals surface area contributed by atoms with Gasteiger partial charge in [0.05, 0.1) is 14.2 Å². The van der Waals surface area contributed by atoms with Crippen molar-refractivity contribution >= 4 is 11.9 Å². The van der Waals surface area contributed by atoms with Crippen LogP contribution in [-0.2, 0) is 19.1 Å². The van der Waals surface area contributed by atoms with Crippen LogP contribution in [0.4, 0.5) is 0 Å². The Bertz CT molecular complexity index is 209. The lowest BCUT2D eigenvalue weighted by Crippen LogP contribution is -1.98. The van der Waals surface area contributed by atoms with E-state index in [1.54, 1.807) is 6.08 Å². The molecule has 4 nitrogen and oxygen atoms in total. The fourth-order valence-electron chi connectivity index (χ4n) is 0.705. The highest BCUT2D eigenvalue weighted by molar-refractivity contribution is 5.81. The highest BCUT2D eigenvalue weighted by Gasteiger charge is 1.95. The van der Waals surface area contributed by atoms with Gasteiger partial charge in [-0.15, -0.1) is 0 Å². The summed E-state index contributed by atoms with van der Waals surface area (Å²) < 4.78 is 8.74. The van der Waals surface area contributed by atoms with Crippen LogP contribution in [0, 0.1) is 0 Å². The van der Waals surface area contributed by atoms with Crippen molar-refractivity contribution in [2.75, 3.05) is 14.2 Å². The molecular weight excluding hydrogens is 208 g/mol. The molecule has 0 unspecified atom stereocenters. The molecule has 0 atom stereocenters. The molecule has 0 rings (SSSR count). The van der Waals surface area contributed by atoms with Crippen LogP contribution < -0.4 is 0 Å².